The number of hydrogen-bond acceptors (Lipinski definition) is 2. The lowest BCUT2D eigenvalue weighted by Crippen LogP contribution is -2.26. The average molecular weight is 284 g/mol. The number of Topliss-reactive ketones (excluding diaryl/α,β-unsaturated/α-hetero) is 1. The summed E-state index contributed by atoms with van der Waals surface area (Å²) >= 11 is 0. The third-order valence-electron chi connectivity index (χ3n) is 5.52. The van der Waals surface area contributed by atoms with Crippen LogP contribution >= 0.6 is 0 Å². The zero-order valence-electron chi connectivity index (χ0n) is 13.3. The first-order valence-electron chi connectivity index (χ1n) is 8.06. The number of carbonyl (C=O) groups is 1. The van der Waals surface area contributed by atoms with Crippen LogP contribution < -0.4 is 0 Å². The number of hydrogen-bond donors (Lipinski definition) is 1. The van der Waals surface area contributed by atoms with Crippen LogP contribution in [0.15, 0.2) is 17.7 Å². The quantitative estimate of drug-likeness (QED) is 0.882. The van der Waals surface area contributed by atoms with E-state index in [-0.39, 0.29) is 5.41 Å². The average Bonchev–Trinajstić information content (AvgIpc) is 2.73. The molecule has 0 fully saturated rings. The summed E-state index contributed by atoms with van der Waals surface area (Å²) in [5.74, 6) is 0.692. The predicted molar refractivity (Wildman–Crippen MR) is 85.3 cm³/mol. The van der Waals surface area contributed by atoms with Gasteiger partial charge in [0.05, 0.1) is 0 Å². The van der Waals surface area contributed by atoms with E-state index < -0.39 is 0 Å². The highest BCUT2D eigenvalue weighted by Gasteiger charge is 2.46. The van der Waals surface area contributed by atoms with Gasteiger partial charge in [-0.2, -0.15) is 0 Å². The maximum Gasteiger partial charge on any atom is 0.159 e. The molecule has 1 N–H and O–H groups in total. The first kappa shape index (κ1) is 14.4. The molecule has 112 valence electrons. The highest BCUT2D eigenvalue weighted by atomic mass is 16.3. The summed E-state index contributed by atoms with van der Waals surface area (Å²) in [6.07, 6.45) is 6.17. The second-order valence-corrected chi connectivity index (χ2v) is 6.72. The largest absolute Gasteiger partial charge is 0.508 e. The molecule has 1 atom stereocenters. The van der Waals surface area contributed by atoms with Crippen molar-refractivity contribution in [2.24, 2.45) is 5.41 Å². The second-order valence-electron chi connectivity index (χ2n) is 6.72. The molecule has 0 radical (unpaired) electrons. The van der Waals surface area contributed by atoms with Gasteiger partial charge in [0.1, 0.15) is 5.75 Å². The van der Waals surface area contributed by atoms with E-state index in [0.29, 0.717) is 18.0 Å². The van der Waals surface area contributed by atoms with Gasteiger partial charge < -0.3 is 5.11 Å². The van der Waals surface area contributed by atoms with Crippen LogP contribution in [-0.2, 0) is 11.2 Å². The number of ketones is 1. The number of benzene rings is 1. The van der Waals surface area contributed by atoms with Crippen LogP contribution in [0.5, 0.6) is 5.75 Å². The number of rotatable bonds is 3. The summed E-state index contributed by atoms with van der Waals surface area (Å²) in [4.78, 5) is 12.4. The SMILES string of the molecule is CCCCC12CCc3c(ccc(O)c3C)C1=C(C)C(=O)C2. The second kappa shape index (κ2) is 5.01. The lowest BCUT2D eigenvalue weighted by Gasteiger charge is -2.38. The fourth-order valence-electron chi connectivity index (χ4n) is 4.29. The Morgan fingerprint density at radius 2 is 2.05 bits per heavy atom. The molecule has 0 amide bonds. The number of phenolic OH excluding ortho intramolecular Hbond substituents is 1. The van der Waals surface area contributed by atoms with E-state index in [1.165, 1.54) is 29.5 Å². The monoisotopic (exact) mass is 284 g/mol. The Labute approximate surface area is 126 Å². The highest BCUT2D eigenvalue weighted by molar-refractivity contribution is 6.09. The topological polar surface area (TPSA) is 37.3 Å². The van der Waals surface area contributed by atoms with Crippen molar-refractivity contribution >= 4 is 11.4 Å². The Kier molecular flexibility index (Phi) is 3.43. The molecule has 2 aliphatic rings. The van der Waals surface area contributed by atoms with Gasteiger partial charge in [-0.15, -0.1) is 0 Å². The van der Waals surface area contributed by atoms with Crippen LogP contribution in [0.25, 0.3) is 5.57 Å². The predicted octanol–water partition coefficient (Wildman–Crippen LogP) is 4.57. The molecule has 0 saturated heterocycles. The van der Waals surface area contributed by atoms with Gasteiger partial charge in [0, 0.05) is 11.8 Å². The number of phenols is 1. The van der Waals surface area contributed by atoms with Crippen molar-refractivity contribution < 1.29 is 9.90 Å². The van der Waals surface area contributed by atoms with E-state index in [9.17, 15) is 9.90 Å². The third-order valence-corrected chi connectivity index (χ3v) is 5.52. The van der Waals surface area contributed by atoms with Crippen molar-refractivity contribution in [1.29, 1.82) is 0 Å². The van der Waals surface area contributed by atoms with Gasteiger partial charge in [-0.1, -0.05) is 25.8 Å². The molecule has 0 saturated carbocycles. The summed E-state index contributed by atoms with van der Waals surface area (Å²) in [5.41, 5.74) is 5.74. The van der Waals surface area contributed by atoms with Gasteiger partial charge in [-0.05, 0) is 67.0 Å². The molecule has 1 unspecified atom stereocenters. The molecular weight excluding hydrogens is 260 g/mol. The Hall–Kier alpha value is -1.57. The molecule has 0 heterocycles. The van der Waals surface area contributed by atoms with Crippen molar-refractivity contribution in [3.63, 3.8) is 0 Å². The minimum Gasteiger partial charge on any atom is -0.508 e. The fraction of sp³-hybridized carbons (Fsp3) is 0.526. The van der Waals surface area contributed by atoms with Crippen LogP contribution in [0, 0.1) is 12.3 Å². The van der Waals surface area contributed by atoms with Crippen molar-refractivity contribution in [1.82, 2.24) is 0 Å². The smallest absolute Gasteiger partial charge is 0.159 e. The lowest BCUT2D eigenvalue weighted by atomic mass is 9.65. The van der Waals surface area contributed by atoms with E-state index in [1.807, 2.05) is 19.9 Å². The Balaban J connectivity index is 2.17. The van der Waals surface area contributed by atoms with E-state index in [4.69, 9.17) is 0 Å². The van der Waals surface area contributed by atoms with Crippen LogP contribution in [0.1, 0.15) is 62.6 Å². The first-order valence-corrected chi connectivity index (χ1v) is 8.06. The molecule has 2 aliphatic carbocycles. The van der Waals surface area contributed by atoms with Gasteiger partial charge in [0.15, 0.2) is 5.78 Å². The normalized spacial score (nSPS) is 24.2. The zero-order chi connectivity index (χ0) is 15.2. The minimum atomic E-state index is 0.0631. The summed E-state index contributed by atoms with van der Waals surface area (Å²) in [6.45, 7) is 6.19. The van der Waals surface area contributed by atoms with Crippen molar-refractivity contribution in [2.75, 3.05) is 0 Å². The molecule has 3 rings (SSSR count). The Morgan fingerprint density at radius 1 is 1.29 bits per heavy atom. The maximum absolute atomic E-state index is 12.4. The van der Waals surface area contributed by atoms with E-state index >= 15 is 0 Å². The fourth-order valence-corrected chi connectivity index (χ4v) is 4.29. The van der Waals surface area contributed by atoms with E-state index in [1.54, 1.807) is 6.07 Å². The first-order chi connectivity index (χ1) is 10.00. The zero-order valence-corrected chi connectivity index (χ0v) is 13.3. The maximum atomic E-state index is 12.4. The van der Waals surface area contributed by atoms with Crippen LogP contribution in [-0.4, -0.2) is 10.9 Å². The molecule has 0 bridgehead atoms. The summed E-state index contributed by atoms with van der Waals surface area (Å²) in [6, 6.07) is 3.81. The Bertz CT molecular complexity index is 639. The number of fused-ring (bicyclic) bond motifs is 3. The third kappa shape index (κ3) is 2.04. The van der Waals surface area contributed by atoms with E-state index in [0.717, 1.165) is 30.4 Å². The molecule has 2 heteroatoms. The van der Waals surface area contributed by atoms with Gasteiger partial charge in [-0.3, -0.25) is 4.79 Å². The summed E-state index contributed by atoms with van der Waals surface area (Å²) < 4.78 is 0. The van der Waals surface area contributed by atoms with Crippen molar-refractivity contribution in [3.8, 4) is 5.75 Å². The van der Waals surface area contributed by atoms with Crippen LogP contribution in [0.4, 0.5) is 0 Å². The molecular formula is C19H24O2. The molecule has 1 aromatic carbocycles. The standard InChI is InChI=1S/C19H24O2/c1-4-5-9-19-10-8-14-12(2)16(20)7-6-15(14)18(19)13(3)17(21)11-19/h6-7,20H,4-5,8-11H2,1-3H3. The molecule has 2 nitrogen and oxygen atoms in total. The summed E-state index contributed by atoms with van der Waals surface area (Å²) in [5, 5.41) is 9.96. The number of aromatic hydroxyl groups is 1. The molecule has 0 spiro atoms. The number of carbonyl (C=O) groups excluding carboxylic acids is 1. The molecule has 0 aromatic heterocycles. The number of allylic oxidation sites excluding steroid dienone is 2. The summed E-state index contributed by atoms with van der Waals surface area (Å²) in [7, 11) is 0. The Morgan fingerprint density at radius 3 is 2.76 bits per heavy atom. The van der Waals surface area contributed by atoms with Gasteiger partial charge in [-0.25, -0.2) is 0 Å². The molecule has 21 heavy (non-hydrogen) atoms. The van der Waals surface area contributed by atoms with Crippen molar-refractivity contribution in [3.05, 3.63) is 34.4 Å². The van der Waals surface area contributed by atoms with Crippen LogP contribution in [0.2, 0.25) is 0 Å². The van der Waals surface area contributed by atoms with Crippen LogP contribution in [0.3, 0.4) is 0 Å². The highest BCUT2D eigenvalue weighted by Crippen LogP contribution is 2.56. The van der Waals surface area contributed by atoms with Gasteiger partial charge in [0.2, 0.25) is 0 Å². The molecule has 0 aliphatic heterocycles. The lowest BCUT2D eigenvalue weighted by molar-refractivity contribution is -0.116. The number of unbranched alkanes of at least 4 members (excludes halogenated alkanes) is 1. The van der Waals surface area contributed by atoms with Crippen molar-refractivity contribution in [2.45, 2.75) is 59.3 Å². The van der Waals surface area contributed by atoms with E-state index in [2.05, 4.69) is 6.92 Å². The minimum absolute atomic E-state index is 0.0631. The molecule has 1 aromatic rings. The van der Waals surface area contributed by atoms with Gasteiger partial charge >= 0.3 is 0 Å². The van der Waals surface area contributed by atoms with Gasteiger partial charge in [0.25, 0.3) is 0 Å².